The lowest BCUT2D eigenvalue weighted by atomic mass is 10.1. The van der Waals surface area contributed by atoms with E-state index in [-0.39, 0.29) is 42.9 Å². The van der Waals surface area contributed by atoms with E-state index in [2.05, 4.69) is 33.1 Å². The Hall–Kier alpha value is -1.60. The highest BCUT2D eigenvalue weighted by Crippen LogP contribution is 2.60. The maximum absolute atomic E-state index is 12.5. The molecule has 0 bridgehead atoms. The molecule has 0 aliphatic carbocycles. The zero-order chi connectivity index (χ0) is 39.6. The third kappa shape index (κ3) is 16.5. The summed E-state index contributed by atoms with van der Waals surface area (Å²) < 4.78 is 51.4. The molecule has 312 valence electrons. The normalized spacial score (nSPS) is 22.3. The van der Waals surface area contributed by atoms with Gasteiger partial charge in [-0.3, -0.25) is 18.8 Å². The van der Waals surface area contributed by atoms with Crippen LogP contribution in [0.4, 0.5) is 5.95 Å². The van der Waals surface area contributed by atoms with Gasteiger partial charge in [0.1, 0.15) is 24.6 Å². The highest BCUT2D eigenvalue weighted by Gasteiger charge is 2.47. The van der Waals surface area contributed by atoms with Crippen LogP contribution in [0.5, 0.6) is 0 Å². The van der Waals surface area contributed by atoms with Crippen molar-refractivity contribution < 1.29 is 56.8 Å². The standard InChI is InChI=1S/C33H61N5O13P2S/c1-4-6-8-10-11-12-14-16-21-54-26(18-15-13-9-7-5-2)24(3)46-19-17-20-47-52(42,43)51-53(44,45)48-22-25-28(39)29(40)32(49-25)50-38-23-35-27-30(38)36-33(34)37-31(27)41/h23-26,28-29,32,39-40H,4-22H2,1-3H3,(H,42,43)(H,44,45)(H3,34,36,37,41)/t24?,25-,26?,28-,29+,32+/m1/s1. The Kier molecular flexibility index (Phi) is 21.0. The Morgan fingerprint density at radius 3 is 2.24 bits per heavy atom. The van der Waals surface area contributed by atoms with Crippen molar-refractivity contribution in [3.63, 3.8) is 0 Å². The number of hydrogen-bond acceptors (Lipinski definition) is 15. The number of nitrogens with one attached hydrogen (secondary N) is 1. The summed E-state index contributed by atoms with van der Waals surface area (Å²) in [5.41, 5.74) is 4.70. The molecule has 0 aromatic carbocycles. The maximum atomic E-state index is 12.5. The van der Waals surface area contributed by atoms with E-state index in [0.29, 0.717) is 5.25 Å². The van der Waals surface area contributed by atoms with Gasteiger partial charge in [-0.1, -0.05) is 90.9 Å². The second-order valence-electron chi connectivity index (χ2n) is 13.5. The number of nitrogen functional groups attached to an aromatic ring is 1. The first kappa shape index (κ1) is 46.8. The van der Waals surface area contributed by atoms with E-state index in [1.54, 1.807) is 0 Å². The van der Waals surface area contributed by atoms with Crippen LogP contribution in [-0.2, 0) is 32.0 Å². The Labute approximate surface area is 321 Å². The number of thioether (sulfide) groups is 1. The lowest BCUT2D eigenvalue weighted by Gasteiger charge is -2.24. The predicted octanol–water partition coefficient (Wildman–Crippen LogP) is 5.23. The van der Waals surface area contributed by atoms with Crippen molar-refractivity contribution in [3.05, 3.63) is 16.7 Å². The minimum absolute atomic E-state index is 0.0331. The van der Waals surface area contributed by atoms with Gasteiger partial charge in [0.05, 0.1) is 19.3 Å². The number of hydrogen-bond donors (Lipinski definition) is 6. The van der Waals surface area contributed by atoms with Crippen LogP contribution in [-0.4, -0.2) is 101 Å². The molecule has 4 unspecified atom stereocenters. The summed E-state index contributed by atoms with van der Waals surface area (Å²) in [7, 11) is -10.3. The molecule has 3 rings (SSSR count). The van der Waals surface area contributed by atoms with Crippen LogP contribution in [0.2, 0.25) is 0 Å². The summed E-state index contributed by atoms with van der Waals surface area (Å²) in [6, 6.07) is 0. The number of fused-ring (bicyclic) bond motifs is 1. The van der Waals surface area contributed by atoms with Crippen molar-refractivity contribution in [2.75, 3.05) is 31.3 Å². The van der Waals surface area contributed by atoms with Crippen LogP contribution >= 0.6 is 27.4 Å². The summed E-state index contributed by atoms with van der Waals surface area (Å²) >= 11 is 1.95. The lowest BCUT2D eigenvalue weighted by Crippen LogP contribution is -2.38. The highest BCUT2D eigenvalue weighted by atomic mass is 32.2. The maximum Gasteiger partial charge on any atom is 0.481 e. The number of nitrogens with two attached hydrogens (primary N) is 1. The molecule has 0 saturated carbocycles. The predicted molar refractivity (Wildman–Crippen MR) is 205 cm³/mol. The molecule has 2 aromatic rings. The van der Waals surface area contributed by atoms with E-state index in [1.807, 2.05) is 18.7 Å². The molecule has 8 atom stereocenters. The number of H-pyrrole nitrogens is 1. The Balaban J connectivity index is 1.37. The first-order valence-electron chi connectivity index (χ1n) is 19.1. The third-order valence-corrected chi connectivity index (χ3v) is 13.1. The van der Waals surface area contributed by atoms with E-state index < -0.39 is 52.4 Å². The van der Waals surface area contributed by atoms with Crippen molar-refractivity contribution in [2.24, 2.45) is 0 Å². The molecule has 18 nitrogen and oxygen atoms in total. The van der Waals surface area contributed by atoms with Gasteiger partial charge in [0.25, 0.3) is 11.8 Å². The largest absolute Gasteiger partial charge is 0.481 e. The molecule has 7 N–H and O–H groups in total. The zero-order valence-corrected chi connectivity index (χ0v) is 34.3. The van der Waals surface area contributed by atoms with Crippen molar-refractivity contribution in [1.82, 2.24) is 19.7 Å². The number of phosphoric ester groups is 2. The molecule has 54 heavy (non-hydrogen) atoms. The van der Waals surface area contributed by atoms with Gasteiger partial charge in [-0.05, 0) is 31.9 Å². The van der Waals surface area contributed by atoms with Gasteiger partial charge in [-0.15, -0.1) is 4.73 Å². The number of unbranched alkanes of at least 4 members (excludes halogenated alkanes) is 11. The first-order valence-corrected chi connectivity index (χ1v) is 23.1. The number of phosphoric acid groups is 2. The zero-order valence-electron chi connectivity index (χ0n) is 31.7. The van der Waals surface area contributed by atoms with E-state index in [4.69, 9.17) is 29.1 Å². The quantitative estimate of drug-likeness (QED) is 0.0435. The molecule has 3 heterocycles. The van der Waals surface area contributed by atoms with Gasteiger partial charge in [0, 0.05) is 11.9 Å². The second kappa shape index (κ2) is 24.2. The molecular weight excluding hydrogens is 768 g/mol. The van der Waals surface area contributed by atoms with E-state index in [0.717, 1.165) is 29.7 Å². The van der Waals surface area contributed by atoms with Crippen molar-refractivity contribution in [2.45, 2.75) is 153 Å². The number of ether oxygens (including phenoxy) is 2. The Bertz CT molecular complexity index is 1520. The fourth-order valence-electron chi connectivity index (χ4n) is 5.87. The van der Waals surface area contributed by atoms with Gasteiger partial charge < -0.3 is 40.0 Å². The molecule has 0 radical (unpaired) electrons. The van der Waals surface area contributed by atoms with E-state index in [9.17, 15) is 33.9 Å². The fraction of sp³-hybridized carbons (Fsp3) is 0.848. The van der Waals surface area contributed by atoms with Gasteiger partial charge in [-0.2, -0.15) is 21.1 Å². The number of aliphatic hydroxyl groups is 2. The lowest BCUT2D eigenvalue weighted by molar-refractivity contribution is -0.168. The Morgan fingerprint density at radius 1 is 0.926 bits per heavy atom. The number of aromatic nitrogens is 4. The third-order valence-electron chi connectivity index (χ3n) is 8.91. The summed E-state index contributed by atoms with van der Waals surface area (Å²) in [5.74, 6) is 0.857. The van der Waals surface area contributed by atoms with Crippen LogP contribution in [0.1, 0.15) is 117 Å². The van der Waals surface area contributed by atoms with E-state index in [1.165, 1.54) is 77.0 Å². The van der Waals surface area contributed by atoms with Crippen LogP contribution in [0.3, 0.4) is 0 Å². The Morgan fingerprint density at radius 2 is 1.56 bits per heavy atom. The molecular formula is C33H61N5O13P2S. The topological polar surface area (TPSA) is 260 Å². The fourth-order valence-corrected chi connectivity index (χ4v) is 9.34. The smallest absolute Gasteiger partial charge is 0.387 e. The molecule has 1 aliphatic heterocycles. The summed E-state index contributed by atoms with van der Waals surface area (Å²) in [6.07, 6.45) is 12.1. The number of rotatable bonds is 30. The molecule has 21 heteroatoms. The minimum Gasteiger partial charge on any atom is -0.387 e. The average Bonchev–Trinajstić information content (AvgIpc) is 3.63. The first-order chi connectivity index (χ1) is 25.8. The summed E-state index contributed by atoms with van der Waals surface area (Å²) in [5, 5.41) is 21.1. The molecule has 1 saturated heterocycles. The molecule has 0 amide bonds. The monoisotopic (exact) mass is 829 g/mol. The summed E-state index contributed by atoms with van der Waals surface area (Å²) in [4.78, 5) is 47.7. The van der Waals surface area contributed by atoms with Crippen molar-refractivity contribution in [3.8, 4) is 0 Å². The van der Waals surface area contributed by atoms with Crippen molar-refractivity contribution >= 4 is 44.5 Å². The molecule has 1 aliphatic rings. The highest BCUT2D eigenvalue weighted by molar-refractivity contribution is 7.99. The summed E-state index contributed by atoms with van der Waals surface area (Å²) in [6.45, 7) is 5.57. The van der Waals surface area contributed by atoms with Crippen LogP contribution < -0.4 is 16.1 Å². The number of anilines is 1. The number of nitrogens with zero attached hydrogens (tertiary/aromatic N) is 3. The number of aliphatic hydroxyl groups excluding tert-OH is 2. The van der Waals surface area contributed by atoms with Crippen LogP contribution in [0, 0.1) is 0 Å². The number of imidazole rings is 1. The van der Waals surface area contributed by atoms with Crippen LogP contribution in [0.15, 0.2) is 11.1 Å². The molecule has 2 aromatic heterocycles. The van der Waals surface area contributed by atoms with Crippen molar-refractivity contribution in [1.29, 1.82) is 0 Å². The van der Waals surface area contributed by atoms with Gasteiger partial charge in [0.2, 0.25) is 11.6 Å². The minimum atomic E-state index is -5.22. The van der Waals surface area contributed by atoms with Crippen LogP contribution in [0.25, 0.3) is 11.2 Å². The van der Waals surface area contributed by atoms with Gasteiger partial charge in [-0.25, -0.2) is 14.1 Å². The SMILES string of the molecule is CCCCCCCCCCSC(CCCCCCC)C(C)OCCCOP(=O)(O)OP(=O)(O)OC[C@H]1O[C@@H](On2cnc3c(=O)[nH]c(N)nc32)[C@@H](O)[C@@H]1O. The number of aromatic amines is 1. The average molecular weight is 830 g/mol. The molecule has 0 spiro atoms. The second-order valence-corrected chi connectivity index (χ2v) is 17.9. The molecule has 1 fully saturated rings. The van der Waals surface area contributed by atoms with E-state index >= 15 is 0 Å². The van der Waals surface area contributed by atoms with Gasteiger partial charge in [0.15, 0.2) is 5.52 Å². The van der Waals surface area contributed by atoms with Gasteiger partial charge >= 0.3 is 15.6 Å².